The number of nitrogens with zero attached hydrogens (tertiary/aromatic N) is 1. The number of aromatic amines is 1. The summed E-state index contributed by atoms with van der Waals surface area (Å²) >= 11 is 1.04. The van der Waals surface area contributed by atoms with Crippen LogP contribution in [0.25, 0.3) is 0 Å². The van der Waals surface area contributed by atoms with Crippen molar-refractivity contribution in [3.05, 3.63) is 87.8 Å². The molecule has 0 bridgehead atoms. The average molecular weight is 466 g/mol. The highest BCUT2D eigenvalue weighted by molar-refractivity contribution is 7.99. The summed E-state index contributed by atoms with van der Waals surface area (Å²) in [4.78, 5) is 54.2. The van der Waals surface area contributed by atoms with Gasteiger partial charge < -0.3 is 21.4 Å². The zero-order valence-corrected chi connectivity index (χ0v) is 18.5. The number of primary amides is 1. The van der Waals surface area contributed by atoms with Gasteiger partial charge in [0.2, 0.25) is 17.7 Å². The number of nitrogens with one attached hydrogen (secondary N) is 3. The lowest BCUT2D eigenvalue weighted by molar-refractivity contribution is -0.120. The van der Waals surface area contributed by atoms with E-state index in [0.717, 1.165) is 17.3 Å². The van der Waals surface area contributed by atoms with Gasteiger partial charge in [-0.2, -0.15) is 0 Å². The van der Waals surface area contributed by atoms with Crippen LogP contribution in [0.1, 0.15) is 21.6 Å². The van der Waals surface area contributed by atoms with Crippen LogP contribution in [0.5, 0.6) is 0 Å². The molecular weight excluding hydrogens is 442 g/mol. The quantitative estimate of drug-likeness (QED) is 0.264. The summed E-state index contributed by atoms with van der Waals surface area (Å²) in [5.41, 5.74) is 7.07. The number of benzene rings is 2. The fraction of sp³-hybridized carbons (Fsp3) is 0.174. The van der Waals surface area contributed by atoms with Crippen LogP contribution in [0.4, 0.5) is 5.69 Å². The lowest BCUT2D eigenvalue weighted by Crippen LogP contribution is -2.28. The van der Waals surface area contributed by atoms with Gasteiger partial charge in [0.1, 0.15) is 0 Å². The maximum Gasteiger partial charge on any atom is 0.251 e. The van der Waals surface area contributed by atoms with E-state index in [1.165, 1.54) is 18.2 Å². The highest BCUT2D eigenvalue weighted by atomic mass is 32.2. The first-order valence-electron chi connectivity index (χ1n) is 10.1. The molecule has 5 N–H and O–H groups in total. The van der Waals surface area contributed by atoms with E-state index in [1.54, 1.807) is 12.1 Å². The molecule has 3 amide bonds. The molecule has 0 spiro atoms. The molecule has 0 aliphatic carbocycles. The second-order valence-electron chi connectivity index (χ2n) is 7.08. The molecule has 0 atom stereocenters. The zero-order chi connectivity index (χ0) is 23.6. The Morgan fingerprint density at radius 3 is 2.42 bits per heavy atom. The van der Waals surface area contributed by atoms with Gasteiger partial charge in [0.05, 0.1) is 17.9 Å². The molecule has 0 aliphatic rings. The maximum absolute atomic E-state index is 12.2. The van der Waals surface area contributed by atoms with E-state index >= 15 is 0 Å². The van der Waals surface area contributed by atoms with Gasteiger partial charge in [-0.05, 0) is 36.2 Å². The molecule has 3 aromatic rings. The normalized spacial score (nSPS) is 10.4. The first-order chi connectivity index (χ1) is 15.9. The van der Waals surface area contributed by atoms with Crippen LogP contribution in [0, 0.1) is 0 Å². The Bertz CT molecular complexity index is 1180. The number of rotatable bonds is 10. The average Bonchev–Trinajstić information content (AvgIpc) is 2.78. The van der Waals surface area contributed by atoms with Gasteiger partial charge in [0.25, 0.3) is 5.56 Å². The molecule has 3 rings (SSSR count). The van der Waals surface area contributed by atoms with E-state index < -0.39 is 11.5 Å². The number of nitrogens with two attached hydrogens (primary N) is 1. The van der Waals surface area contributed by atoms with E-state index in [9.17, 15) is 19.2 Å². The van der Waals surface area contributed by atoms with Gasteiger partial charge in [0.15, 0.2) is 5.16 Å². The third-order valence-corrected chi connectivity index (χ3v) is 5.36. The molecule has 0 radical (unpaired) electrons. The number of hydrogen-bond acceptors (Lipinski definition) is 6. The SMILES string of the molecule is NC(=O)c1ccc(NC(=O)CSc2nc(CC(=O)NCCc3ccccc3)cc(=O)[nH]2)cc1. The first kappa shape index (κ1) is 23.7. The van der Waals surface area contributed by atoms with E-state index in [4.69, 9.17) is 5.73 Å². The summed E-state index contributed by atoms with van der Waals surface area (Å²) in [6, 6.07) is 17.2. The van der Waals surface area contributed by atoms with Gasteiger partial charge >= 0.3 is 0 Å². The van der Waals surface area contributed by atoms with Crippen molar-refractivity contribution >= 4 is 35.2 Å². The molecule has 1 aromatic heterocycles. The smallest absolute Gasteiger partial charge is 0.251 e. The van der Waals surface area contributed by atoms with Crippen molar-refractivity contribution in [2.45, 2.75) is 18.0 Å². The van der Waals surface area contributed by atoms with Crippen LogP contribution in [0.2, 0.25) is 0 Å². The summed E-state index contributed by atoms with van der Waals surface area (Å²) in [5.74, 6) is -1.12. The number of anilines is 1. The predicted octanol–water partition coefficient (Wildman–Crippen LogP) is 1.50. The second-order valence-corrected chi connectivity index (χ2v) is 8.05. The van der Waals surface area contributed by atoms with Gasteiger partial charge in [-0.25, -0.2) is 4.98 Å². The minimum atomic E-state index is -0.553. The summed E-state index contributed by atoms with van der Waals surface area (Å²) < 4.78 is 0. The molecule has 0 unspecified atom stereocenters. The lowest BCUT2D eigenvalue weighted by atomic mass is 10.1. The van der Waals surface area contributed by atoms with Crippen LogP contribution in [0.15, 0.2) is 70.6 Å². The molecular formula is C23H23N5O4S. The van der Waals surface area contributed by atoms with Crippen molar-refractivity contribution < 1.29 is 14.4 Å². The number of aromatic nitrogens is 2. The topological polar surface area (TPSA) is 147 Å². The Morgan fingerprint density at radius 1 is 1.00 bits per heavy atom. The number of H-pyrrole nitrogens is 1. The fourth-order valence-corrected chi connectivity index (χ4v) is 3.60. The Balaban J connectivity index is 1.48. The van der Waals surface area contributed by atoms with Crippen LogP contribution >= 0.6 is 11.8 Å². The molecule has 0 saturated carbocycles. The van der Waals surface area contributed by atoms with Gasteiger partial charge in [-0.3, -0.25) is 19.2 Å². The third-order valence-electron chi connectivity index (χ3n) is 4.49. The lowest BCUT2D eigenvalue weighted by Gasteiger charge is -2.07. The second kappa shape index (κ2) is 11.6. The number of carbonyl (C=O) groups excluding carboxylic acids is 3. The van der Waals surface area contributed by atoms with Gasteiger partial charge in [-0.1, -0.05) is 42.1 Å². The molecule has 0 saturated heterocycles. The number of carbonyl (C=O) groups is 3. The largest absolute Gasteiger partial charge is 0.366 e. The summed E-state index contributed by atoms with van der Waals surface area (Å²) in [7, 11) is 0. The van der Waals surface area contributed by atoms with E-state index in [-0.39, 0.29) is 29.1 Å². The maximum atomic E-state index is 12.2. The van der Waals surface area contributed by atoms with Crippen LogP contribution in [-0.4, -0.2) is 40.0 Å². The molecule has 0 aliphatic heterocycles. The van der Waals surface area contributed by atoms with Crippen molar-refractivity contribution in [2.24, 2.45) is 5.73 Å². The summed E-state index contributed by atoms with van der Waals surface area (Å²) in [6.07, 6.45) is 0.668. The molecule has 10 heteroatoms. The third kappa shape index (κ3) is 7.93. The van der Waals surface area contributed by atoms with Crippen LogP contribution < -0.4 is 21.9 Å². The van der Waals surface area contributed by atoms with Gasteiger partial charge in [-0.15, -0.1) is 0 Å². The van der Waals surface area contributed by atoms with Gasteiger partial charge in [0, 0.05) is 23.9 Å². The molecule has 33 heavy (non-hydrogen) atoms. The predicted molar refractivity (Wildman–Crippen MR) is 126 cm³/mol. The molecule has 170 valence electrons. The van der Waals surface area contributed by atoms with Crippen molar-refractivity contribution in [3.8, 4) is 0 Å². The van der Waals surface area contributed by atoms with Crippen molar-refractivity contribution in [1.29, 1.82) is 0 Å². The molecule has 0 fully saturated rings. The number of thioether (sulfide) groups is 1. The number of amides is 3. The Hall–Kier alpha value is -3.92. The standard InChI is InChI=1S/C23H23N5O4S/c24-22(32)16-6-8-17(9-7-16)26-21(31)14-33-23-27-18(13-20(30)28-23)12-19(29)25-11-10-15-4-2-1-3-5-15/h1-9,13H,10-12,14H2,(H2,24,32)(H,25,29)(H,26,31)(H,27,28,30). The van der Waals surface area contributed by atoms with Crippen LogP contribution in [0.3, 0.4) is 0 Å². The summed E-state index contributed by atoms with van der Waals surface area (Å²) in [5, 5.41) is 5.74. The Kier molecular flexibility index (Phi) is 8.36. The highest BCUT2D eigenvalue weighted by Crippen LogP contribution is 2.14. The van der Waals surface area contributed by atoms with Crippen molar-refractivity contribution in [1.82, 2.24) is 15.3 Å². The van der Waals surface area contributed by atoms with Crippen LogP contribution in [-0.2, 0) is 22.4 Å². The van der Waals surface area contributed by atoms with Crippen molar-refractivity contribution in [2.75, 3.05) is 17.6 Å². The van der Waals surface area contributed by atoms with Crippen molar-refractivity contribution in [3.63, 3.8) is 0 Å². The minimum Gasteiger partial charge on any atom is -0.366 e. The highest BCUT2D eigenvalue weighted by Gasteiger charge is 2.10. The molecule has 1 heterocycles. The first-order valence-corrected chi connectivity index (χ1v) is 11.1. The Morgan fingerprint density at radius 2 is 1.73 bits per heavy atom. The van der Waals surface area contributed by atoms with E-state index in [0.29, 0.717) is 29.9 Å². The Labute approximate surface area is 194 Å². The monoisotopic (exact) mass is 465 g/mol. The minimum absolute atomic E-state index is 0.00671. The fourth-order valence-electron chi connectivity index (χ4n) is 2.91. The summed E-state index contributed by atoms with van der Waals surface area (Å²) in [6.45, 7) is 0.480. The molecule has 9 nitrogen and oxygen atoms in total. The zero-order valence-electron chi connectivity index (χ0n) is 17.7. The number of hydrogen-bond donors (Lipinski definition) is 4. The van der Waals surface area contributed by atoms with E-state index in [2.05, 4.69) is 20.6 Å². The molecule has 2 aromatic carbocycles. The van der Waals surface area contributed by atoms with E-state index in [1.807, 2.05) is 30.3 Å².